The maximum absolute atomic E-state index is 6.29. The molecule has 1 aromatic rings. The summed E-state index contributed by atoms with van der Waals surface area (Å²) in [5.41, 5.74) is 1.12. The van der Waals surface area contributed by atoms with Crippen LogP contribution in [0.25, 0.3) is 0 Å². The number of aliphatic imine (C=N–C) groups is 1. The van der Waals surface area contributed by atoms with Crippen LogP contribution in [-0.2, 0) is 11.3 Å². The molecule has 0 aromatic heterocycles. The first-order valence-electron chi connectivity index (χ1n) is 10.2. The lowest BCUT2D eigenvalue weighted by atomic mass is 9.96. The zero-order valence-corrected chi connectivity index (χ0v) is 19.1. The van der Waals surface area contributed by atoms with E-state index in [1.807, 2.05) is 19.2 Å². The fourth-order valence-corrected chi connectivity index (χ4v) is 4.44. The standard InChI is InChI=1S/C21H31N3O3.HI/c1-22-21(24-18-11-17-9-10-19(18)27-17)23-13-14-7-8-16(25-2)12-20(14)26-15-5-3-4-6-15;/h7-8,12,15,17-19H,3-6,9-11,13H2,1-2H3,(H2,22,23,24);1H. The van der Waals surface area contributed by atoms with Crippen LogP contribution < -0.4 is 20.1 Å². The number of rotatable bonds is 6. The van der Waals surface area contributed by atoms with Gasteiger partial charge in [0.25, 0.3) is 0 Å². The van der Waals surface area contributed by atoms with Gasteiger partial charge in [-0.3, -0.25) is 4.99 Å². The summed E-state index contributed by atoms with van der Waals surface area (Å²) in [5, 5.41) is 6.97. The number of hydrogen-bond donors (Lipinski definition) is 2. The van der Waals surface area contributed by atoms with Crippen molar-refractivity contribution in [2.45, 2.75) is 75.8 Å². The van der Waals surface area contributed by atoms with Crippen molar-refractivity contribution in [2.75, 3.05) is 14.2 Å². The highest BCUT2D eigenvalue weighted by Gasteiger charge is 2.41. The average molecular weight is 501 g/mol. The molecule has 28 heavy (non-hydrogen) atoms. The zero-order chi connectivity index (χ0) is 18.6. The second-order valence-electron chi connectivity index (χ2n) is 7.78. The quantitative estimate of drug-likeness (QED) is 0.354. The second-order valence-corrected chi connectivity index (χ2v) is 7.78. The fourth-order valence-electron chi connectivity index (χ4n) is 4.44. The third-order valence-corrected chi connectivity index (χ3v) is 5.97. The van der Waals surface area contributed by atoms with E-state index in [2.05, 4.69) is 21.7 Å². The van der Waals surface area contributed by atoms with Gasteiger partial charge in [0.15, 0.2) is 5.96 Å². The molecule has 2 aliphatic heterocycles. The van der Waals surface area contributed by atoms with Crippen LogP contribution in [-0.4, -0.2) is 44.5 Å². The normalized spacial score (nSPS) is 26.8. The highest BCUT2D eigenvalue weighted by Crippen LogP contribution is 2.34. The van der Waals surface area contributed by atoms with E-state index >= 15 is 0 Å². The van der Waals surface area contributed by atoms with E-state index in [4.69, 9.17) is 14.2 Å². The molecular weight excluding hydrogens is 469 g/mol. The van der Waals surface area contributed by atoms with E-state index in [0.29, 0.717) is 30.9 Å². The number of methoxy groups -OCH3 is 1. The molecule has 2 N–H and O–H groups in total. The van der Waals surface area contributed by atoms with Crippen LogP contribution in [0.4, 0.5) is 0 Å². The Bertz CT molecular complexity index is 679. The van der Waals surface area contributed by atoms with Crippen molar-refractivity contribution in [2.24, 2.45) is 4.99 Å². The first-order valence-corrected chi connectivity index (χ1v) is 10.2. The van der Waals surface area contributed by atoms with Crippen molar-refractivity contribution in [1.82, 2.24) is 10.6 Å². The van der Waals surface area contributed by atoms with Crippen molar-refractivity contribution in [3.05, 3.63) is 23.8 Å². The molecule has 3 fully saturated rings. The third-order valence-electron chi connectivity index (χ3n) is 5.97. The van der Waals surface area contributed by atoms with Gasteiger partial charge in [-0.05, 0) is 57.1 Å². The predicted molar refractivity (Wildman–Crippen MR) is 121 cm³/mol. The van der Waals surface area contributed by atoms with Crippen LogP contribution >= 0.6 is 24.0 Å². The van der Waals surface area contributed by atoms with Crippen molar-refractivity contribution in [3.63, 3.8) is 0 Å². The summed E-state index contributed by atoms with van der Waals surface area (Å²) < 4.78 is 17.6. The predicted octanol–water partition coefficient (Wildman–Crippen LogP) is 3.62. The van der Waals surface area contributed by atoms with Gasteiger partial charge in [-0.1, -0.05) is 0 Å². The number of hydrogen-bond acceptors (Lipinski definition) is 4. The molecule has 156 valence electrons. The molecule has 7 heteroatoms. The Morgan fingerprint density at radius 1 is 1.21 bits per heavy atom. The first kappa shape index (κ1) is 21.5. The molecule has 2 saturated heterocycles. The van der Waals surface area contributed by atoms with Crippen LogP contribution in [0.2, 0.25) is 0 Å². The number of benzene rings is 1. The minimum atomic E-state index is 0. The largest absolute Gasteiger partial charge is 0.497 e. The van der Waals surface area contributed by atoms with Gasteiger partial charge in [0, 0.05) is 25.2 Å². The minimum absolute atomic E-state index is 0. The van der Waals surface area contributed by atoms with Gasteiger partial charge >= 0.3 is 0 Å². The molecule has 1 saturated carbocycles. The number of fused-ring (bicyclic) bond motifs is 2. The number of halogens is 1. The Morgan fingerprint density at radius 2 is 2.04 bits per heavy atom. The third kappa shape index (κ3) is 5.03. The van der Waals surface area contributed by atoms with Gasteiger partial charge in [-0.2, -0.15) is 0 Å². The number of ether oxygens (including phenoxy) is 3. The fraction of sp³-hybridized carbons (Fsp3) is 0.667. The second kappa shape index (κ2) is 10.0. The highest BCUT2D eigenvalue weighted by atomic mass is 127. The lowest BCUT2D eigenvalue weighted by Gasteiger charge is -2.23. The molecule has 6 nitrogen and oxygen atoms in total. The molecule has 3 aliphatic rings. The smallest absolute Gasteiger partial charge is 0.191 e. The lowest BCUT2D eigenvalue weighted by Crippen LogP contribution is -2.47. The van der Waals surface area contributed by atoms with Crippen LogP contribution in [0.3, 0.4) is 0 Å². The molecule has 0 spiro atoms. The number of guanidine groups is 1. The van der Waals surface area contributed by atoms with Crippen LogP contribution in [0.1, 0.15) is 50.5 Å². The molecule has 0 radical (unpaired) electrons. The molecule has 3 atom stereocenters. The Morgan fingerprint density at radius 3 is 2.68 bits per heavy atom. The first-order chi connectivity index (χ1) is 13.2. The zero-order valence-electron chi connectivity index (χ0n) is 16.8. The maximum Gasteiger partial charge on any atom is 0.191 e. The van der Waals surface area contributed by atoms with Crippen molar-refractivity contribution < 1.29 is 14.2 Å². The number of nitrogens with one attached hydrogen (secondary N) is 2. The summed E-state index contributed by atoms with van der Waals surface area (Å²) in [7, 11) is 3.50. The summed E-state index contributed by atoms with van der Waals surface area (Å²) in [6, 6.07) is 6.41. The van der Waals surface area contributed by atoms with Crippen molar-refractivity contribution >= 4 is 29.9 Å². The molecule has 0 amide bonds. The summed E-state index contributed by atoms with van der Waals surface area (Å²) in [6.45, 7) is 0.660. The van der Waals surface area contributed by atoms with Gasteiger partial charge in [-0.15, -0.1) is 24.0 Å². The number of nitrogens with zero attached hydrogens (tertiary/aromatic N) is 1. The molecular formula is C21H32IN3O3. The molecule has 3 unspecified atom stereocenters. The molecule has 1 aromatic carbocycles. The van der Waals surface area contributed by atoms with E-state index in [1.165, 1.54) is 19.3 Å². The molecule has 1 aliphatic carbocycles. The summed E-state index contributed by atoms with van der Waals surface area (Å²) in [6.07, 6.45) is 9.28. The monoisotopic (exact) mass is 501 g/mol. The summed E-state index contributed by atoms with van der Waals surface area (Å²) >= 11 is 0. The SMILES string of the molecule is CN=C(NCc1ccc(OC)cc1OC1CCCC1)NC1CC2CCC1O2.I. The highest BCUT2D eigenvalue weighted by molar-refractivity contribution is 14.0. The Hall–Kier alpha value is -1.22. The molecule has 2 heterocycles. The van der Waals surface area contributed by atoms with Gasteiger partial charge in [-0.25, -0.2) is 0 Å². The van der Waals surface area contributed by atoms with Gasteiger partial charge in [0.1, 0.15) is 11.5 Å². The average Bonchev–Trinajstić information content (AvgIpc) is 3.44. The van der Waals surface area contributed by atoms with Gasteiger partial charge < -0.3 is 24.8 Å². The lowest BCUT2D eigenvalue weighted by molar-refractivity contribution is 0.0992. The summed E-state index contributed by atoms with van der Waals surface area (Å²) in [5.74, 6) is 2.56. The van der Waals surface area contributed by atoms with E-state index in [1.54, 1.807) is 7.11 Å². The van der Waals surface area contributed by atoms with Crippen molar-refractivity contribution in [1.29, 1.82) is 0 Å². The van der Waals surface area contributed by atoms with Crippen LogP contribution in [0.15, 0.2) is 23.2 Å². The maximum atomic E-state index is 6.29. The van der Waals surface area contributed by atoms with Gasteiger partial charge in [0.2, 0.25) is 0 Å². The van der Waals surface area contributed by atoms with E-state index in [9.17, 15) is 0 Å². The Balaban J connectivity index is 0.00000225. The van der Waals surface area contributed by atoms with E-state index < -0.39 is 0 Å². The van der Waals surface area contributed by atoms with Crippen molar-refractivity contribution in [3.8, 4) is 11.5 Å². The van der Waals surface area contributed by atoms with E-state index in [0.717, 1.165) is 48.7 Å². The topological polar surface area (TPSA) is 64.1 Å². The molecule has 2 bridgehead atoms. The summed E-state index contributed by atoms with van der Waals surface area (Å²) in [4.78, 5) is 4.39. The van der Waals surface area contributed by atoms with Crippen LogP contribution in [0, 0.1) is 0 Å². The van der Waals surface area contributed by atoms with E-state index in [-0.39, 0.29) is 24.0 Å². The van der Waals surface area contributed by atoms with Crippen LogP contribution in [0.5, 0.6) is 11.5 Å². The Labute approximate surface area is 184 Å². The van der Waals surface area contributed by atoms with Gasteiger partial charge in [0.05, 0.1) is 31.5 Å². The minimum Gasteiger partial charge on any atom is -0.497 e. The Kier molecular flexibility index (Phi) is 7.68. The molecule has 4 rings (SSSR count).